The quantitative estimate of drug-likeness (QED) is 0.935. The van der Waals surface area contributed by atoms with Crippen molar-refractivity contribution in [2.24, 2.45) is 5.92 Å². The van der Waals surface area contributed by atoms with Gasteiger partial charge in [-0.25, -0.2) is 9.97 Å². The first-order valence-corrected chi connectivity index (χ1v) is 8.49. The molecule has 2 heterocycles. The Bertz CT molecular complexity index is 736. The van der Waals surface area contributed by atoms with Gasteiger partial charge in [-0.05, 0) is 50.3 Å². The Kier molecular flexibility index (Phi) is 4.79. The van der Waals surface area contributed by atoms with Crippen LogP contribution >= 0.6 is 0 Å². The minimum atomic E-state index is -0.00650. The molecular weight excluding hydrogens is 300 g/mol. The number of anilines is 2. The van der Waals surface area contributed by atoms with Gasteiger partial charge in [0.2, 0.25) is 5.95 Å². The maximum absolute atomic E-state index is 12.6. The lowest BCUT2D eigenvalue weighted by molar-refractivity contribution is 0.0691. The fourth-order valence-corrected chi connectivity index (χ4v) is 2.99. The van der Waals surface area contributed by atoms with Gasteiger partial charge >= 0.3 is 0 Å². The van der Waals surface area contributed by atoms with Crippen LogP contribution in [0.1, 0.15) is 41.4 Å². The maximum Gasteiger partial charge on any atom is 0.272 e. The summed E-state index contributed by atoms with van der Waals surface area (Å²) in [5.74, 6) is 1.15. The van der Waals surface area contributed by atoms with E-state index in [1.807, 2.05) is 24.0 Å². The fraction of sp³-hybridized carbons (Fsp3) is 0.421. The smallest absolute Gasteiger partial charge is 0.272 e. The molecule has 1 aromatic heterocycles. The Balaban J connectivity index is 1.75. The predicted octanol–water partition coefficient (Wildman–Crippen LogP) is 3.71. The molecule has 1 fully saturated rings. The maximum atomic E-state index is 12.6. The van der Waals surface area contributed by atoms with Gasteiger partial charge in [-0.2, -0.15) is 0 Å². The van der Waals surface area contributed by atoms with Crippen molar-refractivity contribution >= 4 is 17.5 Å². The second kappa shape index (κ2) is 6.99. The highest BCUT2D eigenvalue weighted by Crippen LogP contribution is 2.20. The van der Waals surface area contributed by atoms with Crippen LogP contribution in [0.15, 0.2) is 30.5 Å². The van der Waals surface area contributed by atoms with E-state index < -0.39 is 0 Å². The van der Waals surface area contributed by atoms with Crippen LogP contribution in [0, 0.1) is 19.8 Å². The van der Waals surface area contributed by atoms with E-state index in [1.54, 1.807) is 12.3 Å². The summed E-state index contributed by atoms with van der Waals surface area (Å²) < 4.78 is 0. The number of aromatic nitrogens is 2. The van der Waals surface area contributed by atoms with Crippen LogP contribution in [-0.4, -0.2) is 33.9 Å². The Morgan fingerprint density at radius 1 is 1.21 bits per heavy atom. The van der Waals surface area contributed by atoms with E-state index in [2.05, 4.69) is 35.2 Å². The average molecular weight is 324 g/mol. The third kappa shape index (κ3) is 3.72. The molecule has 5 nitrogen and oxygen atoms in total. The van der Waals surface area contributed by atoms with E-state index in [4.69, 9.17) is 0 Å². The largest absolute Gasteiger partial charge is 0.337 e. The third-order valence-electron chi connectivity index (χ3n) is 4.57. The van der Waals surface area contributed by atoms with E-state index in [9.17, 15) is 4.79 Å². The van der Waals surface area contributed by atoms with Crippen molar-refractivity contribution in [1.82, 2.24) is 14.9 Å². The van der Waals surface area contributed by atoms with E-state index >= 15 is 0 Å². The van der Waals surface area contributed by atoms with E-state index in [0.29, 0.717) is 17.6 Å². The molecule has 0 spiro atoms. The zero-order chi connectivity index (χ0) is 17.1. The minimum absolute atomic E-state index is 0.00650. The molecule has 0 aliphatic carbocycles. The van der Waals surface area contributed by atoms with Crippen molar-refractivity contribution in [2.75, 3.05) is 18.4 Å². The van der Waals surface area contributed by atoms with Crippen molar-refractivity contribution < 1.29 is 4.79 Å². The summed E-state index contributed by atoms with van der Waals surface area (Å²) in [5, 5.41) is 3.21. The zero-order valence-electron chi connectivity index (χ0n) is 14.5. The molecule has 0 saturated carbocycles. The molecular formula is C19H24N4O. The number of likely N-dealkylation sites (tertiary alicyclic amines) is 1. The molecule has 0 radical (unpaired) electrons. The van der Waals surface area contributed by atoms with Crippen LogP contribution in [0.3, 0.4) is 0 Å². The summed E-state index contributed by atoms with van der Waals surface area (Å²) in [7, 11) is 0. The lowest BCUT2D eigenvalue weighted by Crippen LogP contribution is -2.38. The number of piperidine rings is 1. The van der Waals surface area contributed by atoms with Gasteiger partial charge in [0.05, 0.1) is 0 Å². The standard InChI is InChI=1S/C19H24N4O/c1-13-7-10-23(11-8-13)18(24)17-6-9-20-19(22-17)21-16-5-4-14(2)12-15(16)3/h4-6,9,12-13H,7-8,10-11H2,1-3H3,(H,20,21,22). The van der Waals surface area contributed by atoms with Gasteiger partial charge in [-0.3, -0.25) is 4.79 Å². The molecule has 0 unspecified atom stereocenters. The van der Waals surface area contributed by atoms with Gasteiger partial charge in [-0.15, -0.1) is 0 Å². The number of rotatable bonds is 3. The van der Waals surface area contributed by atoms with E-state index in [-0.39, 0.29) is 5.91 Å². The monoisotopic (exact) mass is 324 g/mol. The Hall–Kier alpha value is -2.43. The van der Waals surface area contributed by atoms with Crippen LogP contribution < -0.4 is 5.32 Å². The number of hydrogen-bond acceptors (Lipinski definition) is 4. The summed E-state index contributed by atoms with van der Waals surface area (Å²) in [6.45, 7) is 7.96. The normalized spacial score (nSPS) is 15.4. The van der Waals surface area contributed by atoms with Gasteiger partial charge in [0.1, 0.15) is 5.69 Å². The minimum Gasteiger partial charge on any atom is -0.337 e. The fourth-order valence-electron chi connectivity index (χ4n) is 2.99. The lowest BCUT2D eigenvalue weighted by atomic mass is 9.99. The highest BCUT2D eigenvalue weighted by Gasteiger charge is 2.22. The Morgan fingerprint density at radius 3 is 2.67 bits per heavy atom. The van der Waals surface area contributed by atoms with Crippen LogP contribution in [0.4, 0.5) is 11.6 Å². The third-order valence-corrected chi connectivity index (χ3v) is 4.57. The van der Waals surface area contributed by atoms with E-state index in [1.165, 1.54) is 5.56 Å². The van der Waals surface area contributed by atoms with Gasteiger partial charge in [0.25, 0.3) is 5.91 Å². The molecule has 0 atom stereocenters. The number of carbonyl (C=O) groups is 1. The molecule has 1 aromatic carbocycles. The topological polar surface area (TPSA) is 58.1 Å². The highest BCUT2D eigenvalue weighted by atomic mass is 16.2. The summed E-state index contributed by atoms with van der Waals surface area (Å²) in [5.41, 5.74) is 3.74. The summed E-state index contributed by atoms with van der Waals surface area (Å²) in [4.78, 5) is 23.2. The molecule has 126 valence electrons. The second-order valence-corrected chi connectivity index (χ2v) is 6.68. The SMILES string of the molecule is Cc1ccc(Nc2nccc(C(=O)N3CCC(C)CC3)n2)c(C)c1. The van der Waals surface area contributed by atoms with Crippen LogP contribution in [-0.2, 0) is 0 Å². The number of aryl methyl sites for hydroxylation is 2. The number of carbonyl (C=O) groups excluding carboxylic acids is 1. The molecule has 5 heteroatoms. The first-order valence-electron chi connectivity index (χ1n) is 8.49. The van der Waals surface area contributed by atoms with Crippen molar-refractivity contribution in [2.45, 2.75) is 33.6 Å². The van der Waals surface area contributed by atoms with Crippen LogP contribution in [0.25, 0.3) is 0 Å². The van der Waals surface area contributed by atoms with Crippen molar-refractivity contribution in [3.8, 4) is 0 Å². The summed E-state index contributed by atoms with van der Waals surface area (Å²) in [6, 6.07) is 7.84. The van der Waals surface area contributed by atoms with Crippen molar-refractivity contribution in [3.63, 3.8) is 0 Å². The van der Waals surface area contributed by atoms with Gasteiger partial charge in [0, 0.05) is 25.0 Å². The highest BCUT2D eigenvalue weighted by molar-refractivity contribution is 5.92. The van der Waals surface area contributed by atoms with Gasteiger partial charge < -0.3 is 10.2 Å². The lowest BCUT2D eigenvalue weighted by Gasteiger charge is -2.30. The molecule has 0 bridgehead atoms. The number of nitrogens with one attached hydrogen (secondary N) is 1. The second-order valence-electron chi connectivity index (χ2n) is 6.68. The molecule has 1 saturated heterocycles. The van der Waals surface area contributed by atoms with Gasteiger partial charge in [0.15, 0.2) is 0 Å². The van der Waals surface area contributed by atoms with Crippen LogP contribution in [0.5, 0.6) is 0 Å². The Morgan fingerprint density at radius 2 is 1.96 bits per heavy atom. The Labute approximate surface area is 143 Å². The predicted molar refractivity (Wildman–Crippen MR) is 95.5 cm³/mol. The van der Waals surface area contributed by atoms with Crippen LogP contribution in [0.2, 0.25) is 0 Å². The van der Waals surface area contributed by atoms with Gasteiger partial charge in [-0.1, -0.05) is 24.6 Å². The van der Waals surface area contributed by atoms with E-state index in [0.717, 1.165) is 37.2 Å². The first-order chi connectivity index (χ1) is 11.5. The average Bonchev–Trinajstić information content (AvgIpc) is 2.58. The number of nitrogens with zero attached hydrogens (tertiary/aromatic N) is 3. The first kappa shape index (κ1) is 16.4. The summed E-state index contributed by atoms with van der Waals surface area (Å²) in [6.07, 6.45) is 3.76. The molecule has 2 aromatic rings. The molecule has 3 rings (SSSR count). The molecule has 1 aliphatic heterocycles. The number of hydrogen-bond donors (Lipinski definition) is 1. The van der Waals surface area contributed by atoms with Crippen molar-refractivity contribution in [3.05, 3.63) is 47.3 Å². The molecule has 1 aliphatic rings. The molecule has 1 N–H and O–H groups in total. The zero-order valence-corrected chi connectivity index (χ0v) is 14.5. The molecule has 24 heavy (non-hydrogen) atoms. The number of amides is 1. The summed E-state index contributed by atoms with van der Waals surface area (Å²) >= 11 is 0. The van der Waals surface area contributed by atoms with Crippen molar-refractivity contribution in [1.29, 1.82) is 0 Å². The number of benzene rings is 1. The molecule has 1 amide bonds.